The van der Waals surface area contributed by atoms with E-state index in [4.69, 9.17) is 4.74 Å². The summed E-state index contributed by atoms with van der Waals surface area (Å²) in [5, 5.41) is 5.95. The molecule has 0 atom stereocenters. The second-order valence-corrected chi connectivity index (χ2v) is 5.53. The number of halogens is 1. The summed E-state index contributed by atoms with van der Waals surface area (Å²) in [5.74, 6) is 0.530. The minimum atomic E-state index is -0.152. The third-order valence-corrected chi connectivity index (χ3v) is 3.58. The number of carbonyl (C=O) groups is 1. The van der Waals surface area contributed by atoms with E-state index in [1.54, 1.807) is 19.2 Å². The first-order chi connectivity index (χ1) is 10.0. The van der Waals surface area contributed by atoms with Crippen LogP contribution in [0, 0.1) is 6.92 Å². The quantitative estimate of drug-likeness (QED) is 0.875. The van der Waals surface area contributed by atoms with Crippen LogP contribution in [0.1, 0.15) is 15.9 Å². The van der Waals surface area contributed by atoms with Gasteiger partial charge in [0.15, 0.2) is 0 Å². The van der Waals surface area contributed by atoms with Crippen LogP contribution in [0.15, 0.2) is 40.9 Å². The first kappa shape index (κ1) is 15.4. The predicted molar refractivity (Wildman–Crippen MR) is 89.4 cm³/mol. The first-order valence-electron chi connectivity index (χ1n) is 6.48. The summed E-state index contributed by atoms with van der Waals surface area (Å²) in [6.45, 7) is 1.96. The molecule has 0 aliphatic heterocycles. The number of methoxy groups -OCH3 is 1. The largest absolute Gasteiger partial charge is 0.497 e. The topological polar surface area (TPSA) is 50.4 Å². The van der Waals surface area contributed by atoms with Crippen LogP contribution in [0.2, 0.25) is 0 Å². The van der Waals surface area contributed by atoms with Gasteiger partial charge in [0.05, 0.1) is 7.11 Å². The molecule has 2 aromatic rings. The van der Waals surface area contributed by atoms with Crippen LogP contribution in [0.4, 0.5) is 11.4 Å². The number of hydrogen-bond donors (Lipinski definition) is 2. The molecule has 4 nitrogen and oxygen atoms in total. The monoisotopic (exact) mass is 348 g/mol. The lowest BCUT2D eigenvalue weighted by atomic mass is 10.1. The fourth-order valence-corrected chi connectivity index (χ4v) is 2.51. The molecular weight excluding hydrogens is 332 g/mol. The average Bonchev–Trinajstić information content (AvgIpc) is 2.46. The molecule has 0 bridgehead atoms. The Balaban J connectivity index is 2.21. The fraction of sp³-hybridized carbons (Fsp3) is 0.188. The van der Waals surface area contributed by atoms with E-state index < -0.39 is 0 Å². The van der Waals surface area contributed by atoms with Crippen LogP contribution in [-0.2, 0) is 0 Å². The standard InChI is InChI=1S/C16H17BrN2O2/c1-10-6-11(4-5-15(10)18-2)16(20)19-13-7-12(17)8-14(9-13)21-3/h4-9,18H,1-3H3,(H,19,20). The molecule has 0 spiro atoms. The summed E-state index contributed by atoms with van der Waals surface area (Å²) in [5.41, 5.74) is 3.33. The smallest absolute Gasteiger partial charge is 0.255 e. The Kier molecular flexibility index (Phi) is 4.85. The van der Waals surface area contributed by atoms with Gasteiger partial charge < -0.3 is 15.4 Å². The molecule has 0 saturated carbocycles. The summed E-state index contributed by atoms with van der Waals surface area (Å²) < 4.78 is 6.03. The number of carbonyl (C=O) groups excluding carboxylic acids is 1. The summed E-state index contributed by atoms with van der Waals surface area (Å²) in [4.78, 5) is 12.3. The van der Waals surface area contributed by atoms with Crippen molar-refractivity contribution in [3.63, 3.8) is 0 Å². The van der Waals surface area contributed by atoms with E-state index in [2.05, 4.69) is 26.6 Å². The number of rotatable bonds is 4. The van der Waals surface area contributed by atoms with E-state index >= 15 is 0 Å². The van der Waals surface area contributed by atoms with Crippen molar-refractivity contribution in [2.45, 2.75) is 6.92 Å². The molecule has 0 heterocycles. The SMILES string of the molecule is CNc1ccc(C(=O)Nc2cc(Br)cc(OC)c2)cc1C. The van der Waals surface area contributed by atoms with Crippen molar-refractivity contribution in [1.29, 1.82) is 0 Å². The van der Waals surface area contributed by atoms with Crippen LogP contribution in [0.5, 0.6) is 5.75 Å². The zero-order valence-electron chi connectivity index (χ0n) is 12.2. The summed E-state index contributed by atoms with van der Waals surface area (Å²) in [7, 11) is 3.45. The van der Waals surface area contributed by atoms with Gasteiger partial charge in [-0.05, 0) is 42.8 Å². The van der Waals surface area contributed by atoms with Crippen molar-refractivity contribution in [3.8, 4) is 5.75 Å². The zero-order chi connectivity index (χ0) is 15.4. The Bertz CT molecular complexity index is 671. The molecule has 1 amide bonds. The highest BCUT2D eigenvalue weighted by Crippen LogP contribution is 2.25. The van der Waals surface area contributed by atoms with Crippen LogP contribution in [0.3, 0.4) is 0 Å². The number of anilines is 2. The van der Waals surface area contributed by atoms with Crippen LogP contribution >= 0.6 is 15.9 Å². The lowest BCUT2D eigenvalue weighted by molar-refractivity contribution is 0.102. The van der Waals surface area contributed by atoms with Crippen molar-refractivity contribution in [3.05, 3.63) is 52.0 Å². The lowest BCUT2D eigenvalue weighted by Gasteiger charge is -2.10. The number of ether oxygens (including phenoxy) is 1. The van der Waals surface area contributed by atoms with Crippen LogP contribution < -0.4 is 15.4 Å². The van der Waals surface area contributed by atoms with Gasteiger partial charge in [0, 0.05) is 34.5 Å². The van der Waals surface area contributed by atoms with Gasteiger partial charge in [-0.2, -0.15) is 0 Å². The highest BCUT2D eigenvalue weighted by Gasteiger charge is 2.09. The van der Waals surface area contributed by atoms with Crippen molar-refractivity contribution >= 4 is 33.2 Å². The molecule has 0 aromatic heterocycles. The van der Waals surface area contributed by atoms with Gasteiger partial charge in [-0.15, -0.1) is 0 Å². The molecule has 0 radical (unpaired) electrons. The minimum absolute atomic E-state index is 0.152. The zero-order valence-corrected chi connectivity index (χ0v) is 13.7. The van der Waals surface area contributed by atoms with Gasteiger partial charge in [0.2, 0.25) is 0 Å². The molecule has 0 fully saturated rings. The fourth-order valence-electron chi connectivity index (χ4n) is 2.04. The predicted octanol–water partition coefficient (Wildman–Crippen LogP) is 4.06. The third-order valence-electron chi connectivity index (χ3n) is 3.12. The Morgan fingerprint density at radius 3 is 2.57 bits per heavy atom. The number of nitrogens with one attached hydrogen (secondary N) is 2. The lowest BCUT2D eigenvalue weighted by Crippen LogP contribution is -2.12. The highest BCUT2D eigenvalue weighted by molar-refractivity contribution is 9.10. The Morgan fingerprint density at radius 2 is 1.95 bits per heavy atom. The van der Waals surface area contributed by atoms with Crippen molar-refractivity contribution in [1.82, 2.24) is 0 Å². The van der Waals surface area contributed by atoms with Crippen LogP contribution in [0.25, 0.3) is 0 Å². The second kappa shape index (κ2) is 6.63. The molecule has 110 valence electrons. The van der Waals surface area contributed by atoms with E-state index in [1.165, 1.54) is 0 Å². The first-order valence-corrected chi connectivity index (χ1v) is 7.27. The summed E-state index contributed by atoms with van der Waals surface area (Å²) in [6.07, 6.45) is 0. The van der Waals surface area contributed by atoms with E-state index in [1.807, 2.05) is 38.2 Å². The van der Waals surface area contributed by atoms with Gasteiger partial charge in [0.1, 0.15) is 5.75 Å². The van der Waals surface area contributed by atoms with E-state index in [0.29, 0.717) is 17.0 Å². The highest BCUT2D eigenvalue weighted by atomic mass is 79.9. The average molecular weight is 349 g/mol. The normalized spacial score (nSPS) is 10.1. The summed E-state index contributed by atoms with van der Waals surface area (Å²) >= 11 is 3.39. The van der Waals surface area contributed by atoms with Gasteiger partial charge in [-0.1, -0.05) is 15.9 Å². The number of hydrogen-bond acceptors (Lipinski definition) is 3. The molecule has 0 saturated heterocycles. The Hall–Kier alpha value is -2.01. The maximum Gasteiger partial charge on any atom is 0.255 e. The second-order valence-electron chi connectivity index (χ2n) is 4.61. The van der Waals surface area contributed by atoms with Crippen molar-refractivity contribution < 1.29 is 9.53 Å². The van der Waals surface area contributed by atoms with Gasteiger partial charge >= 0.3 is 0 Å². The van der Waals surface area contributed by atoms with Gasteiger partial charge in [-0.25, -0.2) is 0 Å². The molecule has 21 heavy (non-hydrogen) atoms. The molecule has 2 rings (SSSR count). The van der Waals surface area contributed by atoms with E-state index in [-0.39, 0.29) is 5.91 Å². The molecule has 2 N–H and O–H groups in total. The maximum atomic E-state index is 12.3. The van der Waals surface area contributed by atoms with Crippen molar-refractivity contribution in [2.24, 2.45) is 0 Å². The Morgan fingerprint density at radius 1 is 1.19 bits per heavy atom. The summed E-state index contributed by atoms with van der Waals surface area (Å²) in [6, 6.07) is 11.0. The number of amides is 1. The number of benzene rings is 2. The molecule has 0 aliphatic carbocycles. The van der Waals surface area contributed by atoms with Crippen molar-refractivity contribution in [2.75, 3.05) is 24.8 Å². The Labute approximate surface area is 132 Å². The number of aryl methyl sites for hydroxylation is 1. The van der Waals surface area contributed by atoms with Gasteiger partial charge in [0.25, 0.3) is 5.91 Å². The molecular formula is C16H17BrN2O2. The molecule has 2 aromatic carbocycles. The van der Waals surface area contributed by atoms with Crippen LogP contribution in [-0.4, -0.2) is 20.1 Å². The molecule has 5 heteroatoms. The maximum absolute atomic E-state index is 12.3. The third kappa shape index (κ3) is 3.76. The van der Waals surface area contributed by atoms with Gasteiger partial charge in [-0.3, -0.25) is 4.79 Å². The van der Waals surface area contributed by atoms with E-state index in [9.17, 15) is 4.79 Å². The minimum Gasteiger partial charge on any atom is -0.497 e. The molecule has 0 unspecified atom stereocenters. The van der Waals surface area contributed by atoms with E-state index in [0.717, 1.165) is 15.7 Å². The molecule has 0 aliphatic rings.